The van der Waals surface area contributed by atoms with E-state index in [0.29, 0.717) is 22.2 Å². The van der Waals surface area contributed by atoms with E-state index in [-0.39, 0.29) is 10.7 Å². The van der Waals surface area contributed by atoms with Crippen LogP contribution < -0.4 is 5.32 Å². The van der Waals surface area contributed by atoms with Crippen LogP contribution in [0.3, 0.4) is 0 Å². The summed E-state index contributed by atoms with van der Waals surface area (Å²) in [6.45, 7) is 3.95. The number of anilines is 1. The number of aryl methyl sites for hydroxylation is 2. The summed E-state index contributed by atoms with van der Waals surface area (Å²) >= 11 is 6.06. The van der Waals surface area contributed by atoms with E-state index in [9.17, 15) is 18.0 Å². The molecule has 1 N–H and O–H groups in total. The van der Waals surface area contributed by atoms with Crippen LogP contribution in [0.5, 0.6) is 0 Å². The molecule has 0 atom stereocenters. The van der Waals surface area contributed by atoms with E-state index in [0.717, 1.165) is 34.9 Å². The number of fused-ring (bicyclic) bond motifs is 1. The minimum Gasteiger partial charge on any atom is -0.321 e. The number of nitrogens with zero attached hydrogens (tertiary/aromatic N) is 1. The van der Waals surface area contributed by atoms with Crippen molar-refractivity contribution in [3.05, 3.63) is 94.0 Å². The maximum absolute atomic E-state index is 13.2. The van der Waals surface area contributed by atoms with Crippen molar-refractivity contribution >= 4 is 34.1 Å². The van der Waals surface area contributed by atoms with Crippen LogP contribution >= 0.6 is 11.6 Å². The van der Waals surface area contributed by atoms with Gasteiger partial charge in [0, 0.05) is 10.9 Å². The molecule has 1 heterocycles. The summed E-state index contributed by atoms with van der Waals surface area (Å²) in [5.74, 6) is -0.573. The van der Waals surface area contributed by atoms with Crippen LogP contribution in [0, 0.1) is 13.8 Å². The standard InChI is InChI=1S/C25H18ClF3N2O/c1-14-7-9-17(15(2)11-14)22-13-19(18-5-3-4-6-21(18)30-22)24(32)31-23-12-16(25(27,28)29)8-10-20(23)26/h3-13H,1-2H3,(H,31,32). The van der Waals surface area contributed by atoms with E-state index in [2.05, 4.69) is 5.32 Å². The van der Waals surface area contributed by atoms with Crippen molar-refractivity contribution in [1.82, 2.24) is 4.98 Å². The first-order valence-corrected chi connectivity index (χ1v) is 10.2. The Labute approximate surface area is 187 Å². The van der Waals surface area contributed by atoms with Gasteiger partial charge >= 0.3 is 6.18 Å². The minimum atomic E-state index is -4.55. The zero-order valence-corrected chi connectivity index (χ0v) is 18.0. The van der Waals surface area contributed by atoms with E-state index in [4.69, 9.17) is 16.6 Å². The Bertz CT molecular complexity index is 1350. The molecule has 0 saturated carbocycles. The quantitative estimate of drug-likeness (QED) is 0.349. The minimum absolute atomic E-state index is 0.0133. The molecule has 0 bridgehead atoms. The van der Waals surface area contributed by atoms with Crippen molar-refractivity contribution in [3.63, 3.8) is 0 Å². The van der Waals surface area contributed by atoms with E-state index < -0.39 is 17.6 Å². The third-order valence-corrected chi connectivity index (χ3v) is 5.49. The molecule has 1 aromatic heterocycles. The molecule has 4 rings (SSSR count). The number of nitrogens with one attached hydrogen (secondary N) is 1. The Morgan fingerprint density at radius 2 is 1.72 bits per heavy atom. The Morgan fingerprint density at radius 1 is 0.969 bits per heavy atom. The van der Waals surface area contributed by atoms with E-state index in [1.807, 2.05) is 38.1 Å². The Morgan fingerprint density at radius 3 is 2.44 bits per heavy atom. The summed E-state index contributed by atoms with van der Waals surface area (Å²) in [5, 5.41) is 3.13. The van der Waals surface area contributed by atoms with Crippen molar-refractivity contribution < 1.29 is 18.0 Å². The van der Waals surface area contributed by atoms with Crippen LogP contribution in [0.15, 0.2) is 66.7 Å². The second kappa shape index (κ2) is 8.28. The van der Waals surface area contributed by atoms with Crippen molar-refractivity contribution in [2.45, 2.75) is 20.0 Å². The zero-order valence-electron chi connectivity index (χ0n) is 17.2. The molecule has 0 aliphatic carbocycles. The number of amides is 1. The maximum atomic E-state index is 13.2. The van der Waals surface area contributed by atoms with Crippen LogP contribution in [0.25, 0.3) is 22.2 Å². The second-order valence-electron chi connectivity index (χ2n) is 7.54. The predicted octanol–water partition coefficient (Wildman–Crippen LogP) is 7.44. The molecule has 3 aromatic carbocycles. The number of benzene rings is 3. The molecule has 7 heteroatoms. The third-order valence-electron chi connectivity index (χ3n) is 5.16. The summed E-state index contributed by atoms with van der Waals surface area (Å²) in [6, 6.07) is 17.5. The summed E-state index contributed by atoms with van der Waals surface area (Å²) < 4.78 is 39.3. The van der Waals surface area contributed by atoms with Gasteiger partial charge in [-0.05, 0) is 49.7 Å². The molecule has 3 nitrogen and oxygen atoms in total. The number of hydrogen-bond acceptors (Lipinski definition) is 2. The molecule has 162 valence electrons. The number of carbonyl (C=O) groups is 1. The lowest BCUT2D eigenvalue weighted by Crippen LogP contribution is -2.14. The average Bonchev–Trinajstić information content (AvgIpc) is 2.73. The van der Waals surface area contributed by atoms with E-state index >= 15 is 0 Å². The molecule has 0 unspecified atom stereocenters. The number of carbonyl (C=O) groups excluding carboxylic acids is 1. The predicted molar refractivity (Wildman–Crippen MR) is 121 cm³/mol. The van der Waals surface area contributed by atoms with Crippen LogP contribution in [0.1, 0.15) is 27.0 Å². The molecule has 32 heavy (non-hydrogen) atoms. The summed E-state index contributed by atoms with van der Waals surface area (Å²) in [4.78, 5) is 17.9. The Hall–Kier alpha value is -3.38. The molecule has 0 radical (unpaired) electrons. The maximum Gasteiger partial charge on any atom is 0.416 e. The number of rotatable bonds is 3. The van der Waals surface area contributed by atoms with Crippen LogP contribution in [-0.2, 0) is 6.18 Å². The van der Waals surface area contributed by atoms with Gasteiger partial charge in [-0.3, -0.25) is 4.79 Å². The van der Waals surface area contributed by atoms with Crippen LogP contribution in [0.2, 0.25) is 5.02 Å². The number of aromatic nitrogens is 1. The van der Waals surface area contributed by atoms with Crippen molar-refractivity contribution in [1.29, 1.82) is 0 Å². The highest BCUT2D eigenvalue weighted by molar-refractivity contribution is 6.34. The van der Waals surface area contributed by atoms with Crippen LogP contribution in [-0.4, -0.2) is 10.9 Å². The lowest BCUT2D eigenvalue weighted by molar-refractivity contribution is -0.137. The van der Waals surface area contributed by atoms with Gasteiger partial charge in [-0.15, -0.1) is 0 Å². The van der Waals surface area contributed by atoms with Crippen LogP contribution in [0.4, 0.5) is 18.9 Å². The lowest BCUT2D eigenvalue weighted by Gasteiger charge is -2.14. The highest BCUT2D eigenvalue weighted by Gasteiger charge is 2.31. The molecule has 0 spiro atoms. The van der Waals surface area contributed by atoms with Gasteiger partial charge in [0.05, 0.1) is 33.0 Å². The summed E-state index contributed by atoms with van der Waals surface area (Å²) in [5.41, 5.74) is 3.45. The largest absolute Gasteiger partial charge is 0.416 e. The highest BCUT2D eigenvalue weighted by atomic mass is 35.5. The van der Waals surface area contributed by atoms with Gasteiger partial charge in [-0.2, -0.15) is 13.2 Å². The summed E-state index contributed by atoms with van der Waals surface area (Å²) in [6.07, 6.45) is -4.55. The topological polar surface area (TPSA) is 42.0 Å². The van der Waals surface area contributed by atoms with Gasteiger partial charge in [0.25, 0.3) is 5.91 Å². The van der Waals surface area contributed by atoms with Gasteiger partial charge < -0.3 is 5.32 Å². The van der Waals surface area contributed by atoms with Gasteiger partial charge in [-0.1, -0.05) is 53.6 Å². The van der Waals surface area contributed by atoms with Gasteiger partial charge in [-0.25, -0.2) is 4.98 Å². The van der Waals surface area contributed by atoms with Gasteiger partial charge in [0.2, 0.25) is 0 Å². The number of halogens is 4. The highest BCUT2D eigenvalue weighted by Crippen LogP contribution is 2.34. The molecule has 4 aromatic rings. The van der Waals surface area contributed by atoms with Crippen molar-refractivity contribution in [2.75, 3.05) is 5.32 Å². The number of pyridine rings is 1. The molecule has 0 fully saturated rings. The monoisotopic (exact) mass is 454 g/mol. The first kappa shape index (κ1) is 21.8. The first-order chi connectivity index (χ1) is 15.1. The zero-order chi connectivity index (χ0) is 23.0. The first-order valence-electron chi connectivity index (χ1n) is 9.79. The van der Waals surface area contributed by atoms with Crippen molar-refractivity contribution in [3.8, 4) is 11.3 Å². The van der Waals surface area contributed by atoms with E-state index in [1.165, 1.54) is 0 Å². The molecule has 0 aliphatic rings. The number of para-hydroxylation sites is 1. The molecule has 1 amide bonds. The molecular weight excluding hydrogens is 437 g/mol. The van der Waals surface area contributed by atoms with Crippen molar-refractivity contribution in [2.24, 2.45) is 0 Å². The molecule has 0 aliphatic heterocycles. The Kier molecular flexibility index (Phi) is 5.65. The van der Waals surface area contributed by atoms with E-state index in [1.54, 1.807) is 24.3 Å². The third kappa shape index (κ3) is 4.32. The smallest absolute Gasteiger partial charge is 0.321 e. The average molecular weight is 455 g/mol. The summed E-state index contributed by atoms with van der Waals surface area (Å²) in [7, 11) is 0. The fourth-order valence-corrected chi connectivity index (χ4v) is 3.75. The fourth-order valence-electron chi connectivity index (χ4n) is 3.59. The lowest BCUT2D eigenvalue weighted by atomic mass is 9.99. The molecular formula is C25H18ClF3N2O. The Balaban J connectivity index is 1.81. The number of alkyl halides is 3. The SMILES string of the molecule is Cc1ccc(-c2cc(C(=O)Nc3cc(C(F)(F)F)ccc3Cl)c3ccccc3n2)c(C)c1. The fraction of sp³-hybridized carbons (Fsp3) is 0.120. The molecule has 0 saturated heterocycles. The van der Waals surface area contributed by atoms with Gasteiger partial charge in [0.15, 0.2) is 0 Å². The number of hydrogen-bond donors (Lipinski definition) is 1. The second-order valence-corrected chi connectivity index (χ2v) is 7.94. The van der Waals surface area contributed by atoms with Gasteiger partial charge in [0.1, 0.15) is 0 Å². The normalized spacial score (nSPS) is 11.6.